The van der Waals surface area contributed by atoms with Gasteiger partial charge in [0.1, 0.15) is 0 Å². The van der Waals surface area contributed by atoms with Crippen molar-refractivity contribution in [3.63, 3.8) is 0 Å². The summed E-state index contributed by atoms with van der Waals surface area (Å²) >= 11 is 3.60. The Bertz CT molecular complexity index is 1950. The molecule has 3 rings (SSSR count). The van der Waals surface area contributed by atoms with Crippen molar-refractivity contribution in [2.45, 2.75) is 6.92 Å². The second kappa shape index (κ2) is 35.4. The number of nitrogens with zero attached hydrogens (tertiary/aromatic N) is 1. The molecule has 59 heteroatoms. The zero-order chi connectivity index (χ0) is 59.2. The molecule has 0 N–H and O–H groups in total. The fourth-order valence-electron chi connectivity index (χ4n) is 12.0. The van der Waals surface area contributed by atoms with E-state index in [1.165, 1.54) is 11.1 Å². The third-order valence-electron chi connectivity index (χ3n) is 15.1. The van der Waals surface area contributed by atoms with Gasteiger partial charge in [0.25, 0.3) is 0 Å². The first-order chi connectivity index (χ1) is 35.7. The van der Waals surface area contributed by atoms with E-state index < -0.39 is 172 Å². The minimum atomic E-state index is -1.46. The average Bonchev–Trinajstić information content (AvgIpc) is 3.28. The van der Waals surface area contributed by atoms with Crippen LogP contribution < -0.4 is 0 Å². The Morgan fingerprint density at radius 2 is 0.610 bits per heavy atom. The van der Waals surface area contributed by atoms with Gasteiger partial charge in [-0.25, -0.2) is 0 Å². The first-order valence-corrected chi connectivity index (χ1v) is 26.0. The Morgan fingerprint density at radius 3 is 0.870 bits per heavy atom. The summed E-state index contributed by atoms with van der Waals surface area (Å²) in [5.74, 6) is 0. The summed E-state index contributed by atoms with van der Waals surface area (Å²) < 4.78 is 1.09. The summed E-state index contributed by atoms with van der Waals surface area (Å²) in [6.07, 6.45) is -34.8. The van der Waals surface area contributed by atoms with Gasteiger partial charge in [-0.15, -0.1) is 0 Å². The zero-order valence-electron chi connectivity index (χ0n) is 44.1. The molecule has 0 spiro atoms. The van der Waals surface area contributed by atoms with Gasteiger partial charge in [0.15, 0.2) is 0 Å². The lowest BCUT2D eigenvalue weighted by atomic mass is 8.23. The predicted octanol–water partition coefficient (Wildman–Crippen LogP) is -16.2. The van der Waals surface area contributed by atoms with E-state index in [0.717, 1.165) is 28.4 Å². The summed E-state index contributed by atoms with van der Waals surface area (Å²) in [4.78, 5) is 4.61. The van der Waals surface area contributed by atoms with E-state index in [1.807, 2.05) is 36.5 Å². The summed E-state index contributed by atoms with van der Waals surface area (Å²) in [7, 11) is 191. The molecule has 0 aliphatic carbocycles. The van der Waals surface area contributed by atoms with Crippen molar-refractivity contribution in [1.29, 1.82) is 0 Å². The van der Waals surface area contributed by atoms with Crippen molar-refractivity contribution in [2.75, 3.05) is 0 Å². The van der Waals surface area contributed by atoms with Crippen LogP contribution in [0.3, 0.4) is 0 Å². The Morgan fingerprint density at radius 1 is 0.338 bits per heavy atom. The Balaban J connectivity index is 0.000000828. The molecule has 0 bridgehead atoms. The molecular formula is C18H14B57BrN. The van der Waals surface area contributed by atoms with Gasteiger partial charge >= 0.3 is 0 Å². The lowest BCUT2D eigenvalue weighted by Gasteiger charge is -2.58. The van der Waals surface area contributed by atoms with E-state index in [4.69, 9.17) is 224 Å². The lowest BCUT2D eigenvalue weighted by molar-refractivity contribution is 1.28. The molecule has 0 amide bonds. The summed E-state index contributed by atoms with van der Waals surface area (Å²) in [6, 6.07) is 20.6. The van der Waals surface area contributed by atoms with Crippen LogP contribution >= 0.6 is 15.9 Å². The topological polar surface area (TPSA) is 12.9 Å². The third kappa shape index (κ3) is 20.4. The molecule has 0 aliphatic rings. The number of hydrogen-bond acceptors (Lipinski definition) is 1. The van der Waals surface area contributed by atoms with Gasteiger partial charge in [0.05, 0.1) is 5.69 Å². The van der Waals surface area contributed by atoms with Crippen molar-refractivity contribution >= 4 is 420 Å². The van der Waals surface area contributed by atoms with Crippen molar-refractivity contribution in [2.24, 2.45) is 0 Å². The molecule has 1 heterocycles. The molecule has 0 saturated heterocycles. The zero-order valence-corrected chi connectivity index (χ0v) is 45.7. The first-order valence-electron chi connectivity index (χ1n) is 25.2. The molecule has 59 radical (unpaired) electrons. The minimum Gasteiger partial charge on any atom is -0.256 e. The molecule has 0 atom stereocenters. The summed E-state index contributed by atoms with van der Waals surface area (Å²) in [5, 5.41) is 0. The van der Waals surface area contributed by atoms with Gasteiger partial charge in [-0.1, -0.05) is 64.5 Å². The van der Waals surface area contributed by atoms with Crippen LogP contribution in [0.4, 0.5) is 0 Å². The number of aryl methyl sites for hydroxylation is 1. The van der Waals surface area contributed by atoms with Gasteiger partial charge in [-0.2, -0.15) is 0 Å². The Hall–Kier alpha value is 1.77. The van der Waals surface area contributed by atoms with E-state index in [9.17, 15) is 0 Å². The maximum absolute atomic E-state index is 6.76. The van der Waals surface area contributed by atoms with Gasteiger partial charge in [0.2, 0.25) is 0 Å². The van der Waals surface area contributed by atoms with Crippen LogP contribution in [-0.2, 0) is 0 Å². The normalized spacial score (nSPS) is 9.90. The van der Waals surface area contributed by atoms with Crippen LogP contribution in [-0.4, -0.2) is 409 Å². The molecule has 0 fully saturated rings. The highest BCUT2D eigenvalue weighted by Gasteiger charge is 2.61. The van der Waals surface area contributed by atoms with Crippen molar-refractivity contribution < 1.29 is 0 Å². The average molecular weight is 941 g/mol. The van der Waals surface area contributed by atoms with E-state index in [0.29, 0.717) is 0 Å². The second-order valence-electron chi connectivity index (χ2n) is 20.5. The lowest BCUT2D eigenvalue weighted by Crippen LogP contribution is -2.96. The van der Waals surface area contributed by atoms with E-state index in [2.05, 4.69) is 58.2 Å². The largest absolute Gasteiger partial charge is 0.256 e. The van der Waals surface area contributed by atoms with E-state index in [1.54, 1.807) is 0 Å². The van der Waals surface area contributed by atoms with Crippen LogP contribution in [0.15, 0.2) is 71.3 Å². The van der Waals surface area contributed by atoms with Crippen LogP contribution in [0.5, 0.6) is 0 Å². The molecule has 0 aliphatic heterocycles. The number of aromatic nitrogens is 1. The van der Waals surface area contributed by atoms with Gasteiger partial charge < -0.3 is 0 Å². The number of halogens is 1. The standard InChI is InChI=1S/C18H14BrN.B57/c1-13-11-18(14-7-3-2-4-8-14)20-12-16(13)15-9-5-6-10-17(15)19;1-30-45(31(2)3)52(44(28)29)56(53(46(32(4)5)33(6)7)47(34(8)9)35(10)11)57(54(48(36(12)13)37(14)15)49(38(16)17)39(18)19)55(50(40(20)21)41(22)23)51(42(24)25)43(26)27/h2-12H,1H3;. The smallest absolute Gasteiger partial charge is 0.0705 e. The molecule has 3 aromatic rings. The van der Waals surface area contributed by atoms with Crippen LogP contribution in [0.1, 0.15) is 5.56 Å². The predicted molar refractivity (Wildman–Crippen MR) is 416 cm³/mol. The highest BCUT2D eigenvalue weighted by Crippen LogP contribution is 2.32. The molecular weight excluding hydrogens is 926 g/mol. The summed E-state index contributed by atoms with van der Waals surface area (Å²) in [5.41, 5.74) is 5.73. The summed E-state index contributed by atoms with van der Waals surface area (Å²) in [6.45, 7) is 2.13. The van der Waals surface area contributed by atoms with Crippen LogP contribution in [0.2, 0.25) is 0 Å². The van der Waals surface area contributed by atoms with Gasteiger partial charge in [-0.05, 0) is 30.2 Å². The van der Waals surface area contributed by atoms with Crippen LogP contribution in [0.25, 0.3) is 22.4 Å². The molecule has 0 saturated carbocycles. The quantitative estimate of drug-likeness (QED) is 0.0632. The first kappa shape index (κ1) is 74.9. The molecule has 1 aromatic heterocycles. The number of hydrogen-bond donors (Lipinski definition) is 0. The molecule has 269 valence electrons. The molecule has 2 aromatic carbocycles. The van der Waals surface area contributed by atoms with Gasteiger partial charge in [0, 0.05) is 426 Å². The highest BCUT2D eigenvalue weighted by molar-refractivity contribution is 9.10. The number of pyridine rings is 1. The van der Waals surface area contributed by atoms with Crippen LogP contribution in [0, 0.1) is 6.92 Å². The molecule has 77 heavy (non-hydrogen) atoms. The number of rotatable bonds is 29. The van der Waals surface area contributed by atoms with E-state index >= 15 is 0 Å². The minimum absolute atomic E-state index is 1.01. The number of benzene rings is 2. The maximum atomic E-state index is 6.76. The highest BCUT2D eigenvalue weighted by atomic mass is 79.9. The fraction of sp³-hybridized carbons (Fsp3) is 0.0556. The third-order valence-corrected chi connectivity index (χ3v) is 15.8. The van der Waals surface area contributed by atoms with Crippen molar-refractivity contribution in [3.8, 4) is 22.4 Å². The second-order valence-corrected chi connectivity index (χ2v) is 21.4. The Labute approximate surface area is 526 Å². The maximum Gasteiger partial charge on any atom is 0.0705 e. The SMILES string of the molecule is Cc1cc(-c2ccccc2)ncc1-c1ccccc1Br.[B][B]B(B([B])[B])B(B([B])[B])B(B(B(B([B])[B])B([B])[B])B(B([B])[B])B([B])[B])B(B(B(B([B])[B])B([B])[B])B(B([B])[B])B([B])[B])B(B(B([B])[B])B([B])[B])B(B([B])[B])B([B])[B]. The van der Waals surface area contributed by atoms with Crippen molar-refractivity contribution in [1.82, 2.24) is 4.98 Å². The molecule has 0 unspecified atom stereocenters. The van der Waals surface area contributed by atoms with E-state index in [-0.39, 0.29) is 0 Å². The van der Waals surface area contributed by atoms with Crippen molar-refractivity contribution in [3.05, 3.63) is 76.9 Å². The fourth-order valence-corrected chi connectivity index (χ4v) is 12.5. The molecule has 1 nitrogen and oxygen atoms in total. The monoisotopic (exact) mass is 951 g/mol. The Kier molecular flexibility index (Phi) is 34.4. The van der Waals surface area contributed by atoms with Gasteiger partial charge in [-0.3, -0.25) is 4.98 Å².